The van der Waals surface area contributed by atoms with E-state index in [4.69, 9.17) is 14.5 Å². The number of nitrogens with one attached hydrogen (secondary N) is 2. The first-order chi connectivity index (χ1) is 13.2. The second kappa shape index (κ2) is 13.9. The van der Waals surface area contributed by atoms with Crippen molar-refractivity contribution in [1.29, 1.82) is 0 Å². The predicted molar refractivity (Wildman–Crippen MR) is 127 cm³/mol. The number of ether oxygens (including phenoxy) is 2. The summed E-state index contributed by atoms with van der Waals surface area (Å²) < 4.78 is 10.7. The first-order valence-corrected chi connectivity index (χ1v) is 10.1. The normalized spacial score (nSPS) is 17.6. The molecule has 2 rings (SSSR count). The number of rotatable bonds is 9. The van der Waals surface area contributed by atoms with Crippen molar-refractivity contribution in [3.05, 3.63) is 23.8 Å². The molecule has 0 spiro atoms. The van der Waals surface area contributed by atoms with Crippen LogP contribution < -0.4 is 20.1 Å². The molecule has 1 aliphatic rings. The molecule has 0 aliphatic carbocycles. The molecule has 1 aromatic carbocycles. The van der Waals surface area contributed by atoms with E-state index in [9.17, 15) is 0 Å². The standard InChI is InChI=1S/C21H36N4O2.HI/c1-5-22-21(23-12-8-14-25-13-7-6-9-17(25)2)24-16-18-10-11-19(26-3)15-20(18)27-4;/h10-11,15,17H,5-9,12-14,16H2,1-4H3,(H2,22,23,24);1H. The Kier molecular flexibility index (Phi) is 12.3. The highest BCUT2D eigenvalue weighted by molar-refractivity contribution is 14.0. The molecule has 1 saturated heterocycles. The fourth-order valence-corrected chi connectivity index (χ4v) is 3.47. The molecule has 1 fully saturated rings. The lowest BCUT2D eigenvalue weighted by molar-refractivity contribution is 0.159. The van der Waals surface area contributed by atoms with E-state index in [2.05, 4.69) is 29.4 Å². The highest BCUT2D eigenvalue weighted by Gasteiger charge is 2.17. The summed E-state index contributed by atoms with van der Waals surface area (Å²) in [5, 5.41) is 6.77. The van der Waals surface area contributed by atoms with Gasteiger partial charge in [0.25, 0.3) is 0 Å². The van der Waals surface area contributed by atoms with Crippen molar-refractivity contribution < 1.29 is 9.47 Å². The van der Waals surface area contributed by atoms with E-state index in [1.165, 1.54) is 25.8 Å². The topological polar surface area (TPSA) is 58.1 Å². The molecule has 0 radical (unpaired) electrons. The monoisotopic (exact) mass is 504 g/mol. The van der Waals surface area contributed by atoms with Crippen LogP contribution in [-0.2, 0) is 6.54 Å². The fraction of sp³-hybridized carbons (Fsp3) is 0.667. The summed E-state index contributed by atoms with van der Waals surface area (Å²) >= 11 is 0. The lowest BCUT2D eigenvalue weighted by atomic mass is 10.0. The van der Waals surface area contributed by atoms with Crippen LogP contribution in [0.4, 0.5) is 0 Å². The average molecular weight is 504 g/mol. The summed E-state index contributed by atoms with van der Waals surface area (Å²) in [5.41, 5.74) is 1.04. The zero-order valence-corrected chi connectivity index (χ0v) is 20.1. The van der Waals surface area contributed by atoms with Crippen LogP contribution in [0.25, 0.3) is 0 Å². The molecule has 0 aromatic heterocycles. The van der Waals surface area contributed by atoms with Gasteiger partial charge in [0.2, 0.25) is 0 Å². The molecule has 7 heteroatoms. The zero-order chi connectivity index (χ0) is 19.5. The number of piperidine rings is 1. The van der Waals surface area contributed by atoms with Gasteiger partial charge in [-0.15, -0.1) is 24.0 Å². The second-order valence-corrected chi connectivity index (χ2v) is 7.03. The van der Waals surface area contributed by atoms with Gasteiger partial charge in [0, 0.05) is 37.3 Å². The molecule has 1 heterocycles. The van der Waals surface area contributed by atoms with Crippen LogP contribution in [0.5, 0.6) is 11.5 Å². The average Bonchev–Trinajstić information content (AvgIpc) is 2.70. The summed E-state index contributed by atoms with van der Waals surface area (Å²) in [7, 11) is 3.33. The van der Waals surface area contributed by atoms with Gasteiger partial charge in [0.05, 0.1) is 20.8 Å². The van der Waals surface area contributed by atoms with Crippen LogP contribution >= 0.6 is 24.0 Å². The SMILES string of the molecule is CCNC(=NCc1ccc(OC)cc1OC)NCCCN1CCCCC1C.I. The summed E-state index contributed by atoms with van der Waals surface area (Å²) in [5.74, 6) is 2.44. The van der Waals surface area contributed by atoms with Crippen LogP contribution in [0.2, 0.25) is 0 Å². The summed E-state index contributed by atoms with van der Waals surface area (Å²) in [6.07, 6.45) is 5.18. The van der Waals surface area contributed by atoms with Crippen molar-refractivity contribution >= 4 is 29.9 Å². The van der Waals surface area contributed by atoms with Gasteiger partial charge in [-0.2, -0.15) is 0 Å². The smallest absolute Gasteiger partial charge is 0.191 e. The largest absolute Gasteiger partial charge is 0.497 e. The van der Waals surface area contributed by atoms with E-state index in [0.717, 1.165) is 55.1 Å². The maximum absolute atomic E-state index is 5.46. The Hall–Kier alpha value is -1.22. The van der Waals surface area contributed by atoms with Crippen LogP contribution in [0.3, 0.4) is 0 Å². The molecule has 1 atom stereocenters. The minimum atomic E-state index is 0. The van der Waals surface area contributed by atoms with Crippen molar-refractivity contribution in [3.63, 3.8) is 0 Å². The quantitative estimate of drug-likeness (QED) is 0.233. The van der Waals surface area contributed by atoms with E-state index in [-0.39, 0.29) is 24.0 Å². The van der Waals surface area contributed by atoms with E-state index in [0.29, 0.717) is 6.54 Å². The number of hydrogen-bond acceptors (Lipinski definition) is 4. The predicted octanol–water partition coefficient (Wildman–Crippen LogP) is 3.64. The molecule has 0 amide bonds. The van der Waals surface area contributed by atoms with Gasteiger partial charge in [-0.3, -0.25) is 0 Å². The number of aliphatic imine (C=N–C) groups is 1. The minimum Gasteiger partial charge on any atom is -0.497 e. The highest BCUT2D eigenvalue weighted by Crippen LogP contribution is 2.25. The van der Waals surface area contributed by atoms with Gasteiger partial charge in [-0.05, 0) is 51.8 Å². The number of nitrogens with zero attached hydrogens (tertiary/aromatic N) is 2. The molecule has 28 heavy (non-hydrogen) atoms. The van der Waals surface area contributed by atoms with Crippen LogP contribution in [-0.4, -0.2) is 57.3 Å². The molecule has 6 nitrogen and oxygen atoms in total. The Labute approximate surface area is 187 Å². The van der Waals surface area contributed by atoms with Crippen LogP contribution in [0.1, 0.15) is 45.1 Å². The van der Waals surface area contributed by atoms with Gasteiger partial charge in [0.1, 0.15) is 11.5 Å². The molecule has 1 aromatic rings. The van der Waals surface area contributed by atoms with Crippen LogP contribution in [0, 0.1) is 0 Å². The second-order valence-electron chi connectivity index (χ2n) is 7.03. The third-order valence-corrected chi connectivity index (χ3v) is 5.10. The Morgan fingerprint density at radius 1 is 1.21 bits per heavy atom. The van der Waals surface area contributed by atoms with E-state index >= 15 is 0 Å². The van der Waals surface area contributed by atoms with Crippen molar-refractivity contribution in [1.82, 2.24) is 15.5 Å². The molecule has 1 aliphatic heterocycles. The number of halogens is 1. The van der Waals surface area contributed by atoms with Gasteiger partial charge in [0.15, 0.2) is 5.96 Å². The molecule has 1 unspecified atom stereocenters. The number of hydrogen-bond donors (Lipinski definition) is 2. The van der Waals surface area contributed by atoms with Gasteiger partial charge < -0.3 is 25.0 Å². The lowest BCUT2D eigenvalue weighted by Crippen LogP contribution is -2.41. The van der Waals surface area contributed by atoms with Gasteiger partial charge in [-0.25, -0.2) is 4.99 Å². The Bertz CT molecular complexity index is 598. The van der Waals surface area contributed by atoms with E-state index < -0.39 is 0 Å². The third-order valence-electron chi connectivity index (χ3n) is 5.10. The maximum atomic E-state index is 5.46. The van der Waals surface area contributed by atoms with Crippen molar-refractivity contribution in [3.8, 4) is 11.5 Å². The molecular weight excluding hydrogens is 467 g/mol. The Balaban J connectivity index is 0.00000392. The third kappa shape index (κ3) is 8.03. The first-order valence-electron chi connectivity index (χ1n) is 10.1. The molecule has 160 valence electrons. The fourth-order valence-electron chi connectivity index (χ4n) is 3.47. The van der Waals surface area contributed by atoms with Crippen molar-refractivity contribution in [2.75, 3.05) is 40.4 Å². The van der Waals surface area contributed by atoms with Crippen LogP contribution in [0.15, 0.2) is 23.2 Å². The van der Waals surface area contributed by atoms with Crippen molar-refractivity contribution in [2.45, 2.75) is 52.1 Å². The molecule has 0 bridgehead atoms. The minimum absolute atomic E-state index is 0. The van der Waals surface area contributed by atoms with E-state index in [1.807, 2.05) is 18.2 Å². The number of methoxy groups -OCH3 is 2. The molecule has 2 N–H and O–H groups in total. The Morgan fingerprint density at radius 3 is 2.71 bits per heavy atom. The lowest BCUT2D eigenvalue weighted by Gasteiger charge is -2.33. The number of likely N-dealkylation sites (tertiary alicyclic amines) is 1. The maximum Gasteiger partial charge on any atom is 0.191 e. The number of benzene rings is 1. The zero-order valence-electron chi connectivity index (χ0n) is 17.8. The number of guanidine groups is 1. The highest BCUT2D eigenvalue weighted by atomic mass is 127. The summed E-state index contributed by atoms with van der Waals surface area (Å²) in [4.78, 5) is 7.32. The summed E-state index contributed by atoms with van der Waals surface area (Å²) in [6, 6.07) is 6.56. The van der Waals surface area contributed by atoms with Gasteiger partial charge in [-0.1, -0.05) is 6.42 Å². The Morgan fingerprint density at radius 2 is 2.04 bits per heavy atom. The van der Waals surface area contributed by atoms with Crippen molar-refractivity contribution in [2.24, 2.45) is 4.99 Å². The van der Waals surface area contributed by atoms with E-state index in [1.54, 1.807) is 14.2 Å². The van der Waals surface area contributed by atoms with Gasteiger partial charge >= 0.3 is 0 Å². The first kappa shape index (κ1) is 24.8. The molecular formula is C21H37IN4O2. The summed E-state index contributed by atoms with van der Waals surface area (Å²) in [6.45, 7) is 9.16. The molecule has 0 saturated carbocycles.